The Morgan fingerprint density at radius 3 is 2.86 bits per heavy atom. The highest BCUT2D eigenvalue weighted by molar-refractivity contribution is 5.60. The quantitative estimate of drug-likeness (QED) is 0.778. The van der Waals surface area contributed by atoms with Crippen LogP contribution in [0.15, 0.2) is 22.9 Å². The molecule has 0 spiro atoms. The van der Waals surface area contributed by atoms with Crippen molar-refractivity contribution in [3.05, 3.63) is 24.2 Å². The Morgan fingerprint density at radius 2 is 2.00 bits per heavy atom. The zero-order valence-corrected chi connectivity index (χ0v) is 16.4. The van der Waals surface area contributed by atoms with Crippen molar-refractivity contribution in [2.75, 3.05) is 13.2 Å². The van der Waals surface area contributed by atoms with Gasteiger partial charge in [-0.2, -0.15) is 4.98 Å². The fourth-order valence-corrected chi connectivity index (χ4v) is 4.34. The van der Waals surface area contributed by atoms with E-state index in [0.29, 0.717) is 30.2 Å². The van der Waals surface area contributed by atoms with Crippen molar-refractivity contribution in [2.24, 2.45) is 0 Å². The number of hydrogen-bond acceptors (Lipinski definition) is 7. The summed E-state index contributed by atoms with van der Waals surface area (Å²) in [7, 11) is 0. The van der Waals surface area contributed by atoms with E-state index in [-0.39, 0.29) is 12.7 Å². The number of aliphatic hydroxyl groups is 1. The van der Waals surface area contributed by atoms with Gasteiger partial charge >= 0.3 is 0 Å². The topological polar surface area (TPSA) is 84.5 Å². The molecule has 1 atom stereocenters. The second-order valence-electron chi connectivity index (χ2n) is 7.88. The zero-order chi connectivity index (χ0) is 19.2. The van der Waals surface area contributed by atoms with E-state index < -0.39 is 0 Å². The summed E-state index contributed by atoms with van der Waals surface area (Å²) >= 11 is 0. The van der Waals surface area contributed by atoms with E-state index in [0.717, 1.165) is 37.8 Å². The molecule has 0 radical (unpaired) electrons. The van der Waals surface area contributed by atoms with Crippen LogP contribution in [0.3, 0.4) is 0 Å². The molecule has 0 amide bonds. The van der Waals surface area contributed by atoms with Crippen LogP contribution in [-0.4, -0.2) is 50.4 Å². The number of aliphatic hydroxyl groups excluding tert-OH is 1. The summed E-state index contributed by atoms with van der Waals surface area (Å²) in [5.74, 6) is 1.73. The highest BCUT2D eigenvalue weighted by atomic mass is 16.5. The standard InChI is InChI=1S/C21H30N4O3/c26-14-11-16-7-4-5-13-25(16)15-19-23-20(24-28-19)18-10-6-12-22-21(18)27-17-8-2-1-3-9-17/h6,10,12,16-17,26H,1-5,7-9,11,13-15H2. The molecule has 0 aromatic carbocycles. The molecule has 2 fully saturated rings. The third kappa shape index (κ3) is 4.70. The Morgan fingerprint density at radius 1 is 1.14 bits per heavy atom. The lowest BCUT2D eigenvalue weighted by atomic mass is 9.98. The number of likely N-dealkylation sites (tertiary alicyclic amines) is 1. The van der Waals surface area contributed by atoms with Gasteiger partial charge in [-0.05, 0) is 63.6 Å². The first kappa shape index (κ1) is 19.3. The summed E-state index contributed by atoms with van der Waals surface area (Å²) < 4.78 is 11.7. The lowest BCUT2D eigenvalue weighted by molar-refractivity contribution is 0.100. The second kappa shape index (κ2) is 9.47. The molecule has 1 saturated carbocycles. The summed E-state index contributed by atoms with van der Waals surface area (Å²) in [5.41, 5.74) is 0.786. The minimum atomic E-state index is 0.216. The molecule has 152 valence electrons. The minimum Gasteiger partial charge on any atom is -0.474 e. The number of nitrogens with zero attached hydrogens (tertiary/aromatic N) is 4. The van der Waals surface area contributed by atoms with Crippen molar-refractivity contribution < 1.29 is 14.4 Å². The highest BCUT2D eigenvalue weighted by Gasteiger charge is 2.25. The highest BCUT2D eigenvalue weighted by Crippen LogP contribution is 2.30. The normalized spacial score (nSPS) is 21.7. The van der Waals surface area contributed by atoms with Gasteiger partial charge in [-0.25, -0.2) is 4.98 Å². The third-order valence-corrected chi connectivity index (χ3v) is 5.86. The van der Waals surface area contributed by atoms with Gasteiger partial charge in [0.25, 0.3) is 0 Å². The van der Waals surface area contributed by atoms with E-state index in [1.807, 2.05) is 12.1 Å². The number of aromatic nitrogens is 3. The molecular formula is C21H30N4O3. The molecule has 2 aromatic rings. The molecule has 28 heavy (non-hydrogen) atoms. The van der Waals surface area contributed by atoms with Gasteiger partial charge < -0.3 is 14.4 Å². The molecule has 1 aliphatic carbocycles. The third-order valence-electron chi connectivity index (χ3n) is 5.86. The molecule has 2 aliphatic rings. The first-order valence-corrected chi connectivity index (χ1v) is 10.6. The summed E-state index contributed by atoms with van der Waals surface area (Å²) in [5, 5.41) is 13.5. The van der Waals surface area contributed by atoms with Crippen LogP contribution in [-0.2, 0) is 6.54 Å². The molecule has 1 unspecified atom stereocenters. The first-order chi connectivity index (χ1) is 13.8. The van der Waals surface area contributed by atoms with Crippen LogP contribution in [0.4, 0.5) is 0 Å². The van der Waals surface area contributed by atoms with Crippen molar-refractivity contribution in [3.8, 4) is 17.3 Å². The summed E-state index contributed by atoms with van der Waals surface area (Å²) in [4.78, 5) is 11.4. The van der Waals surface area contributed by atoms with E-state index in [4.69, 9.17) is 9.26 Å². The van der Waals surface area contributed by atoms with E-state index in [9.17, 15) is 5.11 Å². The summed E-state index contributed by atoms with van der Waals surface area (Å²) in [6.07, 6.45) is 12.1. The van der Waals surface area contributed by atoms with Crippen LogP contribution in [0.2, 0.25) is 0 Å². The van der Waals surface area contributed by atoms with E-state index >= 15 is 0 Å². The van der Waals surface area contributed by atoms with Gasteiger partial charge in [0.05, 0.1) is 12.1 Å². The van der Waals surface area contributed by atoms with Gasteiger partial charge in [0.15, 0.2) is 0 Å². The largest absolute Gasteiger partial charge is 0.474 e. The minimum absolute atomic E-state index is 0.216. The van der Waals surface area contributed by atoms with Crippen LogP contribution in [0.1, 0.15) is 63.7 Å². The predicted molar refractivity (Wildman–Crippen MR) is 105 cm³/mol. The van der Waals surface area contributed by atoms with Crippen molar-refractivity contribution in [2.45, 2.75) is 76.5 Å². The Labute approximate surface area is 166 Å². The van der Waals surface area contributed by atoms with Crippen molar-refractivity contribution in [3.63, 3.8) is 0 Å². The van der Waals surface area contributed by atoms with Crippen molar-refractivity contribution in [1.29, 1.82) is 0 Å². The molecule has 1 N–H and O–H groups in total. The molecule has 4 rings (SSSR count). The second-order valence-corrected chi connectivity index (χ2v) is 7.88. The predicted octanol–water partition coefficient (Wildman–Crippen LogP) is 3.58. The lowest BCUT2D eigenvalue weighted by Crippen LogP contribution is -2.39. The lowest BCUT2D eigenvalue weighted by Gasteiger charge is -2.34. The van der Waals surface area contributed by atoms with Crippen LogP contribution < -0.4 is 4.74 Å². The fraction of sp³-hybridized carbons (Fsp3) is 0.667. The van der Waals surface area contributed by atoms with Gasteiger partial charge in [-0.1, -0.05) is 18.0 Å². The number of piperidine rings is 1. The maximum absolute atomic E-state index is 9.32. The Bertz CT molecular complexity index is 743. The van der Waals surface area contributed by atoms with E-state index in [2.05, 4.69) is 20.0 Å². The van der Waals surface area contributed by atoms with E-state index in [1.165, 1.54) is 32.1 Å². The smallest absolute Gasteiger partial charge is 0.241 e. The Balaban J connectivity index is 1.46. The summed E-state index contributed by atoms with van der Waals surface area (Å²) in [6.45, 7) is 1.84. The Kier molecular flexibility index (Phi) is 6.54. The number of rotatable bonds is 7. The van der Waals surface area contributed by atoms with Crippen LogP contribution in [0.25, 0.3) is 11.4 Å². The monoisotopic (exact) mass is 386 g/mol. The van der Waals surface area contributed by atoms with Crippen LogP contribution >= 0.6 is 0 Å². The van der Waals surface area contributed by atoms with Crippen LogP contribution in [0.5, 0.6) is 5.88 Å². The fourth-order valence-electron chi connectivity index (χ4n) is 4.34. The molecule has 0 bridgehead atoms. The van der Waals surface area contributed by atoms with Gasteiger partial charge in [-0.3, -0.25) is 4.90 Å². The van der Waals surface area contributed by atoms with Gasteiger partial charge in [0.2, 0.25) is 17.6 Å². The molecule has 1 saturated heterocycles. The average Bonchev–Trinajstić information content (AvgIpc) is 3.19. The molecule has 7 nitrogen and oxygen atoms in total. The van der Waals surface area contributed by atoms with Gasteiger partial charge in [0, 0.05) is 18.8 Å². The van der Waals surface area contributed by atoms with Crippen molar-refractivity contribution in [1.82, 2.24) is 20.0 Å². The molecule has 7 heteroatoms. The number of pyridine rings is 1. The molecule has 2 aromatic heterocycles. The number of ether oxygens (including phenoxy) is 1. The Hall–Kier alpha value is -1.99. The van der Waals surface area contributed by atoms with Crippen LogP contribution in [0, 0.1) is 0 Å². The first-order valence-electron chi connectivity index (χ1n) is 10.6. The maximum atomic E-state index is 9.32. The van der Waals surface area contributed by atoms with Gasteiger partial charge in [0.1, 0.15) is 6.10 Å². The van der Waals surface area contributed by atoms with E-state index in [1.54, 1.807) is 6.20 Å². The molecule has 3 heterocycles. The maximum Gasteiger partial charge on any atom is 0.241 e. The molecular weight excluding hydrogens is 356 g/mol. The number of hydrogen-bond donors (Lipinski definition) is 1. The van der Waals surface area contributed by atoms with Gasteiger partial charge in [-0.15, -0.1) is 0 Å². The SMILES string of the molecule is OCCC1CCCCN1Cc1nc(-c2cccnc2OC2CCCCC2)no1. The summed E-state index contributed by atoms with van der Waals surface area (Å²) in [6, 6.07) is 4.20. The molecule has 1 aliphatic heterocycles. The zero-order valence-electron chi connectivity index (χ0n) is 16.4. The van der Waals surface area contributed by atoms with Crippen molar-refractivity contribution >= 4 is 0 Å². The average molecular weight is 386 g/mol.